The molecule has 3 N–H and O–H groups in total. The Hall–Kier alpha value is -2.14. The minimum atomic E-state index is -2.91. The smallest absolute Gasteiger partial charge is 0.266 e. The fourth-order valence-electron chi connectivity index (χ4n) is 3.72. The number of hydrogen-bond acceptors (Lipinski definition) is 7. The third-order valence-corrected chi connectivity index (χ3v) is 9.25. The fraction of sp³-hybridized carbons (Fsp3) is 0.368. The molecule has 4 heterocycles. The van der Waals surface area contributed by atoms with Crippen LogP contribution in [0.5, 0.6) is 0 Å². The number of nitrogens with one attached hydrogen (secondary N) is 1. The van der Waals surface area contributed by atoms with Gasteiger partial charge in [-0.1, -0.05) is 17.7 Å². The van der Waals surface area contributed by atoms with Gasteiger partial charge in [-0.2, -0.15) is 0 Å². The van der Waals surface area contributed by atoms with Crippen LogP contribution >= 0.6 is 22.9 Å². The van der Waals surface area contributed by atoms with Crippen LogP contribution in [0.1, 0.15) is 33.1 Å². The van der Waals surface area contributed by atoms with Crippen LogP contribution in [0.25, 0.3) is 0 Å². The van der Waals surface area contributed by atoms with Crippen LogP contribution in [0.15, 0.2) is 29.3 Å². The predicted octanol–water partition coefficient (Wildman–Crippen LogP) is 2.58. The molecular weight excluding hydrogens is 446 g/mol. The predicted molar refractivity (Wildman–Crippen MR) is 122 cm³/mol. The van der Waals surface area contributed by atoms with Gasteiger partial charge in [-0.05, 0) is 43.8 Å². The molecule has 1 fully saturated rings. The van der Waals surface area contributed by atoms with Gasteiger partial charge in [-0.15, -0.1) is 11.3 Å². The van der Waals surface area contributed by atoms with Gasteiger partial charge in [-0.3, -0.25) is 9.10 Å². The quantitative estimate of drug-likeness (QED) is 0.674. The molecule has 4 rings (SSSR count). The average molecular weight is 468 g/mol. The van der Waals surface area contributed by atoms with Gasteiger partial charge in [0.15, 0.2) is 5.44 Å². The Morgan fingerprint density at radius 2 is 2.30 bits per heavy atom. The van der Waals surface area contributed by atoms with E-state index in [1.165, 1.54) is 15.6 Å². The van der Waals surface area contributed by atoms with E-state index in [1.807, 2.05) is 19.1 Å². The molecule has 1 amide bonds. The fourth-order valence-corrected chi connectivity index (χ4v) is 7.23. The molecule has 0 aliphatic carbocycles. The van der Waals surface area contributed by atoms with Crippen LogP contribution < -0.4 is 11.1 Å². The van der Waals surface area contributed by atoms with Crippen molar-refractivity contribution in [1.29, 1.82) is 0 Å². The van der Waals surface area contributed by atoms with Gasteiger partial charge < -0.3 is 15.8 Å². The third-order valence-electron chi connectivity index (χ3n) is 5.23. The summed E-state index contributed by atoms with van der Waals surface area (Å²) >= 11 is 7.76. The number of thiophene rings is 1. The molecule has 0 aromatic carbocycles. The van der Waals surface area contributed by atoms with E-state index >= 15 is 0 Å². The molecule has 30 heavy (non-hydrogen) atoms. The average Bonchev–Trinajstić information content (AvgIpc) is 3.09. The molecule has 0 bridgehead atoms. The van der Waals surface area contributed by atoms with Gasteiger partial charge in [0.25, 0.3) is 5.91 Å². The number of hydrogen-bond donors (Lipinski definition) is 2. The maximum Gasteiger partial charge on any atom is 0.266 e. The van der Waals surface area contributed by atoms with Gasteiger partial charge in [0.2, 0.25) is 5.96 Å². The molecule has 2 unspecified atom stereocenters. The van der Waals surface area contributed by atoms with E-state index in [2.05, 4.69) is 21.2 Å². The molecular formula is C19H22ClN5O3S2. The maximum atomic E-state index is 13.4. The molecule has 2 aliphatic rings. The largest absolute Gasteiger partial charge is 0.369 e. The number of nitrogens with two attached hydrogens (primary N) is 1. The lowest BCUT2D eigenvalue weighted by atomic mass is 9.91. The number of guanidine groups is 1. The van der Waals surface area contributed by atoms with Crippen LogP contribution in [-0.2, 0) is 20.0 Å². The summed E-state index contributed by atoms with van der Waals surface area (Å²) in [5, 5.41) is 3.13. The Kier molecular flexibility index (Phi) is 5.29. The van der Waals surface area contributed by atoms with Crippen molar-refractivity contribution in [3.05, 3.63) is 44.7 Å². The summed E-state index contributed by atoms with van der Waals surface area (Å²) in [6.07, 6.45) is 1.23. The zero-order valence-corrected chi connectivity index (χ0v) is 18.9. The first kappa shape index (κ1) is 21.1. The second-order valence-electron chi connectivity index (χ2n) is 7.29. The van der Waals surface area contributed by atoms with Crippen molar-refractivity contribution in [3.63, 3.8) is 0 Å². The lowest BCUT2D eigenvalue weighted by molar-refractivity contribution is 0.00649. The number of aromatic nitrogens is 1. The number of aryl methyl sites for hydroxylation is 1. The monoisotopic (exact) mass is 467 g/mol. The van der Waals surface area contributed by atoms with Crippen molar-refractivity contribution in [2.24, 2.45) is 10.7 Å². The van der Waals surface area contributed by atoms with Crippen molar-refractivity contribution in [2.45, 2.75) is 30.7 Å². The third kappa shape index (κ3) is 3.37. The first-order chi connectivity index (χ1) is 14.1. The van der Waals surface area contributed by atoms with Crippen molar-refractivity contribution < 1.29 is 13.7 Å². The number of nitrogens with zero attached hydrogens (tertiary/aromatic N) is 3. The number of amides is 1. The molecule has 8 nitrogen and oxygen atoms in total. The Morgan fingerprint density at radius 3 is 3.03 bits per heavy atom. The second kappa shape index (κ2) is 7.52. The number of ether oxygens (including phenoxy) is 1. The number of aliphatic imine (C=N–C) groups is 1. The topological polar surface area (TPSA) is 110 Å². The van der Waals surface area contributed by atoms with Crippen molar-refractivity contribution in [1.82, 2.24) is 9.29 Å². The number of anilines is 1. The van der Waals surface area contributed by atoms with E-state index in [-0.39, 0.29) is 11.9 Å². The Morgan fingerprint density at radius 1 is 1.53 bits per heavy atom. The zero-order chi connectivity index (χ0) is 21.7. The summed E-state index contributed by atoms with van der Waals surface area (Å²) < 4.78 is 20.7. The highest BCUT2D eigenvalue weighted by molar-refractivity contribution is 7.99. The standard InChI is InChI=1S/C19H22ClN5O3S2/c1-11-6-4-7-14(22-11)23-16(26)13-10-12(20)15(29-13)19-8-5-9-28-17(19)30(3,27)25(2)18(21)24-19/h4,6-7,10,17H,3,5,8-9H2,1-2H3,(H2,21,24)(H,22,23,26)/t17?,19-,30?/m1/s1. The summed E-state index contributed by atoms with van der Waals surface area (Å²) in [7, 11) is -1.32. The van der Waals surface area contributed by atoms with Gasteiger partial charge >= 0.3 is 0 Å². The molecule has 0 radical (unpaired) electrons. The molecule has 1 saturated heterocycles. The summed E-state index contributed by atoms with van der Waals surface area (Å²) in [6, 6.07) is 6.96. The van der Waals surface area contributed by atoms with Crippen LogP contribution in [0.4, 0.5) is 5.82 Å². The van der Waals surface area contributed by atoms with Crippen LogP contribution in [0, 0.1) is 6.92 Å². The number of pyridine rings is 1. The first-order valence-corrected chi connectivity index (χ1v) is 12.2. The lowest BCUT2D eigenvalue weighted by Gasteiger charge is -2.47. The number of halogens is 1. The van der Waals surface area contributed by atoms with Crippen molar-refractivity contribution >= 4 is 56.2 Å². The van der Waals surface area contributed by atoms with E-state index in [0.717, 1.165) is 5.69 Å². The van der Waals surface area contributed by atoms with E-state index < -0.39 is 20.7 Å². The Labute approximate surface area is 184 Å². The van der Waals surface area contributed by atoms with E-state index in [9.17, 15) is 9.00 Å². The maximum absolute atomic E-state index is 13.4. The van der Waals surface area contributed by atoms with Crippen molar-refractivity contribution in [2.75, 3.05) is 19.0 Å². The Bertz CT molecular complexity index is 1150. The minimum Gasteiger partial charge on any atom is -0.369 e. The number of carbonyl (C=O) groups is 1. The summed E-state index contributed by atoms with van der Waals surface area (Å²) in [5.74, 6) is 4.11. The van der Waals surface area contributed by atoms with Gasteiger partial charge in [0.05, 0.1) is 24.5 Å². The molecule has 2 aliphatic heterocycles. The van der Waals surface area contributed by atoms with Crippen LogP contribution in [0.3, 0.4) is 0 Å². The Balaban J connectivity index is 1.75. The molecule has 2 aromatic heterocycles. The van der Waals surface area contributed by atoms with Gasteiger partial charge in [0, 0.05) is 19.3 Å². The zero-order valence-electron chi connectivity index (χ0n) is 16.6. The van der Waals surface area contributed by atoms with E-state index in [0.29, 0.717) is 40.0 Å². The molecule has 11 heteroatoms. The molecule has 2 aromatic rings. The highest BCUT2D eigenvalue weighted by Crippen LogP contribution is 2.49. The molecule has 160 valence electrons. The number of carbonyl (C=O) groups excluding carboxylic acids is 1. The molecule has 0 saturated carbocycles. The van der Waals surface area contributed by atoms with Crippen LogP contribution in [-0.4, -0.2) is 50.3 Å². The molecule has 0 spiro atoms. The van der Waals surface area contributed by atoms with E-state index in [1.54, 1.807) is 19.2 Å². The van der Waals surface area contributed by atoms with E-state index in [4.69, 9.17) is 22.1 Å². The summed E-state index contributed by atoms with van der Waals surface area (Å²) in [4.78, 5) is 22.8. The first-order valence-electron chi connectivity index (χ1n) is 9.27. The SMILES string of the molecule is C=S1(=O)C2OCCC[C@]2(c2sc(C(=O)Nc3cccc(C)n3)cc2Cl)N=C(N)N1C. The van der Waals surface area contributed by atoms with Crippen LogP contribution in [0.2, 0.25) is 5.02 Å². The number of rotatable bonds is 3. The summed E-state index contributed by atoms with van der Waals surface area (Å²) in [5.41, 5.74) is 5.02. The minimum absolute atomic E-state index is 0.108. The van der Waals surface area contributed by atoms with Crippen molar-refractivity contribution in [3.8, 4) is 0 Å². The van der Waals surface area contributed by atoms with Gasteiger partial charge in [0.1, 0.15) is 11.4 Å². The summed E-state index contributed by atoms with van der Waals surface area (Å²) in [6.45, 7) is 2.29. The highest BCUT2D eigenvalue weighted by atomic mass is 35.5. The highest BCUT2D eigenvalue weighted by Gasteiger charge is 2.54. The normalized spacial score (nSPS) is 28.6. The second-order valence-corrected chi connectivity index (χ2v) is 11.1. The number of fused-ring (bicyclic) bond motifs is 1. The lowest BCUT2D eigenvalue weighted by Crippen LogP contribution is -2.59. The van der Waals surface area contributed by atoms with Gasteiger partial charge in [-0.25, -0.2) is 14.2 Å². The molecule has 3 atom stereocenters.